The summed E-state index contributed by atoms with van der Waals surface area (Å²) in [7, 11) is 0. The van der Waals surface area contributed by atoms with Crippen molar-refractivity contribution in [1.29, 1.82) is 5.26 Å². The highest BCUT2D eigenvalue weighted by atomic mass is 15.2. The van der Waals surface area contributed by atoms with Crippen LogP contribution in [0.15, 0.2) is 18.3 Å². The summed E-state index contributed by atoms with van der Waals surface area (Å²) in [5, 5.41) is 12.7. The number of rotatable bonds is 2. The maximum atomic E-state index is 9.07. The molecule has 0 spiro atoms. The number of aromatic nitrogens is 1. The van der Waals surface area contributed by atoms with Gasteiger partial charge in [-0.2, -0.15) is 5.26 Å². The van der Waals surface area contributed by atoms with Gasteiger partial charge in [-0.3, -0.25) is 4.90 Å². The van der Waals surface area contributed by atoms with Crippen LogP contribution in [0.5, 0.6) is 0 Å². The Morgan fingerprint density at radius 2 is 2.28 bits per heavy atom. The molecule has 0 aromatic carbocycles. The van der Waals surface area contributed by atoms with E-state index in [0.717, 1.165) is 25.2 Å². The smallest absolute Gasteiger partial charge is 0.144 e. The molecule has 2 saturated heterocycles. The summed E-state index contributed by atoms with van der Waals surface area (Å²) in [4.78, 5) is 6.58. The summed E-state index contributed by atoms with van der Waals surface area (Å²) in [6.07, 6.45) is 5.53. The minimum Gasteiger partial charge on any atom is -0.310 e. The van der Waals surface area contributed by atoms with Crippen LogP contribution in [0.4, 0.5) is 0 Å². The fraction of sp³-hybridized carbons (Fsp3) is 0.571. The summed E-state index contributed by atoms with van der Waals surface area (Å²) in [5.74, 6) is 0. The Morgan fingerprint density at radius 3 is 3.17 bits per heavy atom. The number of nitrogens with one attached hydrogen (secondary N) is 1. The third kappa shape index (κ3) is 2.38. The number of hydrogen-bond donors (Lipinski definition) is 1. The Kier molecular flexibility index (Phi) is 3.26. The van der Waals surface area contributed by atoms with Gasteiger partial charge in [-0.1, -0.05) is 6.07 Å². The lowest BCUT2D eigenvalue weighted by Gasteiger charge is -2.24. The molecule has 0 saturated carbocycles. The minimum atomic E-state index is 0.569. The van der Waals surface area contributed by atoms with E-state index in [-0.39, 0.29) is 0 Å². The molecule has 4 nitrogen and oxygen atoms in total. The van der Waals surface area contributed by atoms with Gasteiger partial charge in [0.15, 0.2) is 0 Å². The zero-order chi connectivity index (χ0) is 12.4. The molecule has 2 aliphatic heterocycles. The van der Waals surface area contributed by atoms with E-state index in [1.54, 1.807) is 6.20 Å². The zero-order valence-corrected chi connectivity index (χ0v) is 10.5. The van der Waals surface area contributed by atoms with Gasteiger partial charge in [0.2, 0.25) is 0 Å². The first-order valence-electron chi connectivity index (χ1n) is 6.67. The van der Waals surface area contributed by atoms with Gasteiger partial charge in [0, 0.05) is 43.5 Å². The molecular weight excluding hydrogens is 224 g/mol. The standard InChI is InChI=1S/C14H18N4/c15-8-14-11(2-1-6-16-14)9-18-7-5-12-3-4-13(10-18)17-12/h1-2,6,12-13,17H,3-5,7,9-10H2. The SMILES string of the molecule is N#Cc1ncccc1CN1CCC2CCC(C1)N2. The van der Waals surface area contributed by atoms with Crippen molar-refractivity contribution in [3.05, 3.63) is 29.6 Å². The highest BCUT2D eigenvalue weighted by molar-refractivity contribution is 5.30. The second kappa shape index (κ2) is 5.05. The minimum absolute atomic E-state index is 0.569. The molecule has 2 fully saturated rings. The first-order valence-corrected chi connectivity index (χ1v) is 6.67. The molecule has 2 unspecified atom stereocenters. The van der Waals surface area contributed by atoms with Gasteiger partial charge in [-0.25, -0.2) is 4.98 Å². The van der Waals surface area contributed by atoms with Crippen LogP contribution in [0.25, 0.3) is 0 Å². The molecular formula is C14H18N4. The lowest BCUT2D eigenvalue weighted by atomic mass is 10.1. The second-order valence-corrected chi connectivity index (χ2v) is 5.28. The number of nitriles is 1. The van der Waals surface area contributed by atoms with Crippen molar-refractivity contribution in [2.75, 3.05) is 13.1 Å². The van der Waals surface area contributed by atoms with E-state index in [1.807, 2.05) is 12.1 Å². The molecule has 4 heteroatoms. The van der Waals surface area contributed by atoms with Crippen molar-refractivity contribution >= 4 is 0 Å². The van der Waals surface area contributed by atoms with Gasteiger partial charge in [0.1, 0.15) is 11.8 Å². The fourth-order valence-corrected chi connectivity index (χ4v) is 3.07. The van der Waals surface area contributed by atoms with Crippen LogP contribution in [-0.4, -0.2) is 35.1 Å². The first kappa shape index (κ1) is 11.6. The Labute approximate surface area is 108 Å². The third-order valence-corrected chi connectivity index (χ3v) is 4.00. The molecule has 1 aromatic heterocycles. The van der Waals surface area contributed by atoms with Crippen molar-refractivity contribution in [2.45, 2.75) is 37.9 Å². The van der Waals surface area contributed by atoms with E-state index in [4.69, 9.17) is 5.26 Å². The number of nitrogens with zero attached hydrogens (tertiary/aromatic N) is 3. The molecule has 2 aliphatic rings. The lowest BCUT2D eigenvalue weighted by Crippen LogP contribution is -2.35. The molecule has 2 atom stereocenters. The second-order valence-electron chi connectivity index (χ2n) is 5.28. The van der Waals surface area contributed by atoms with Crippen molar-refractivity contribution in [3.8, 4) is 6.07 Å². The van der Waals surface area contributed by atoms with Crippen molar-refractivity contribution < 1.29 is 0 Å². The van der Waals surface area contributed by atoms with Crippen LogP contribution in [0, 0.1) is 11.3 Å². The van der Waals surface area contributed by atoms with Crippen LogP contribution >= 0.6 is 0 Å². The van der Waals surface area contributed by atoms with Crippen LogP contribution < -0.4 is 5.32 Å². The van der Waals surface area contributed by atoms with Crippen LogP contribution in [-0.2, 0) is 6.54 Å². The van der Waals surface area contributed by atoms with E-state index in [1.165, 1.54) is 19.3 Å². The summed E-state index contributed by atoms with van der Waals surface area (Å²) in [6.45, 7) is 3.06. The summed E-state index contributed by atoms with van der Waals surface area (Å²) >= 11 is 0. The van der Waals surface area contributed by atoms with Crippen LogP contribution in [0.3, 0.4) is 0 Å². The number of hydrogen-bond acceptors (Lipinski definition) is 4. The van der Waals surface area contributed by atoms with Gasteiger partial charge < -0.3 is 5.32 Å². The monoisotopic (exact) mass is 242 g/mol. The molecule has 18 heavy (non-hydrogen) atoms. The number of pyridine rings is 1. The Balaban J connectivity index is 1.71. The van der Waals surface area contributed by atoms with Crippen molar-refractivity contribution in [3.63, 3.8) is 0 Å². The van der Waals surface area contributed by atoms with E-state index >= 15 is 0 Å². The third-order valence-electron chi connectivity index (χ3n) is 4.00. The molecule has 3 rings (SSSR count). The van der Waals surface area contributed by atoms with E-state index < -0.39 is 0 Å². The number of fused-ring (bicyclic) bond motifs is 2. The normalized spacial score (nSPS) is 27.7. The molecule has 0 amide bonds. The molecule has 1 N–H and O–H groups in total. The Morgan fingerprint density at radius 1 is 1.39 bits per heavy atom. The summed E-state index contributed by atoms with van der Waals surface area (Å²) < 4.78 is 0. The average molecular weight is 242 g/mol. The maximum Gasteiger partial charge on any atom is 0.144 e. The molecule has 0 radical (unpaired) electrons. The summed E-state index contributed by atoms with van der Waals surface area (Å²) in [5.41, 5.74) is 1.62. The zero-order valence-electron chi connectivity index (χ0n) is 10.5. The molecule has 2 bridgehead atoms. The Bertz CT molecular complexity index is 465. The summed E-state index contributed by atoms with van der Waals surface area (Å²) in [6, 6.07) is 7.46. The van der Waals surface area contributed by atoms with E-state index in [9.17, 15) is 0 Å². The van der Waals surface area contributed by atoms with Gasteiger partial charge in [-0.05, 0) is 25.3 Å². The predicted molar refractivity (Wildman–Crippen MR) is 68.8 cm³/mol. The fourth-order valence-electron chi connectivity index (χ4n) is 3.07. The molecule has 3 heterocycles. The molecule has 1 aromatic rings. The van der Waals surface area contributed by atoms with Crippen LogP contribution in [0.1, 0.15) is 30.5 Å². The van der Waals surface area contributed by atoms with Crippen LogP contribution in [0.2, 0.25) is 0 Å². The van der Waals surface area contributed by atoms with Gasteiger partial charge >= 0.3 is 0 Å². The quantitative estimate of drug-likeness (QED) is 0.849. The Hall–Kier alpha value is -1.44. The first-order chi connectivity index (χ1) is 8.85. The molecule has 94 valence electrons. The van der Waals surface area contributed by atoms with Crippen molar-refractivity contribution in [1.82, 2.24) is 15.2 Å². The predicted octanol–water partition coefficient (Wildman–Crippen LogP) is 1.28. The number of likely N-dealkylation sites (tertiary alicyclic amines) is 1. The highest BCUT2D eigenvalue weighted by Gasteiger charge is 2.29. The lowest BCUT2D eigenvalue weighted by molar-refractivity contribution is 0.250. The average Bonchev–Trinajstić information content (AvgIpc) is 2.73. The van der Waals surface area contributed by atoms with E-state index in [0.29, 0.717) is 17.8 Å². The van der Waals surface area contributed by atoms with Crippen molar-refractivity contribution in [2.24, 2.45) is 0 Å². The topological polar surface area (TPSA) is 52.0 Å². The largest absolute Gasteiger partial charge is 0.310 e. The van der Waals surface area contributed by atoms with Gasteiger partial charge in [0.05, 0.1) is 0 Å². The highest BCUT2D eigenvalue weighted by Crippen LogP contribution is 2.21. The maximum absolute atomic E-state index is 9.07. The van der Waals surface area contributed by atoms with E-state index in [2.05, 4.69) is 21.3 Å². The molecule has 0 aliphatic carbocycles. The van der Waals surface area contributed by atoms with Gasteiger partial charge in [-0.15, -0.1) is 0 Å². The van der Waals surface area contributed by atoms with Gasteiger partial charge in [0.25, 0.3) is 0 Å².